The summed E-state index contributed by atoms with van der Waals surface area (Å²) in [5, 5.41) is 8.03. The summed E-state index contributed by atoms with van der Waals surface area (Å²) in [6.45, 7) is 3.49. The summed E-state index contributed by atoms with van der Waals surface area (Å²) in [4.78, 5) is 0. The molecular weight excluding hydrogens is 322 g/mol. The Bertz CT molecular complexity index is 639. The van der Waals surface area contributed by atoms with Gasteiger partial charge in [0.2, 0.25) is 0 Å². The summed E-state index contributed by atoms with van der Waals surface area (Å²) in [7, 11) is 0. The van der Waals surface area contributed by atoms with E-state index in [2.05, 4.69) is 16.8 Å². The van der Waals surface area contributed by atoms with Crippen molar-refractivity contribution in [1.82, 2.24) is 14.6 Å². The van der Waals surface area contributed by atoms with Gasteiger partial charge in [0.1, 0.15) is 0 Å². The molecule has 0 amide bonds. The van der Waals surface area contributed by atoms with Gasteiger partial charge < -0.3 is 0 Å². The van der Waals surface area contributed by atoms with Gasteiger partial charge in [-0.05, 0) is 6.07 Å². The second-order valence-electron chi connectivity index (χ2n) is 3.56. The second-order valence-corrected chi connectivity index (χ2v) is 5.44. The molecule has 0 aliphatic rings. The number of fused-ring (bicyclic) bond motifs is 1. The van der Waals surface area contributed by atoms with Gasteiger partial charge in [0.05, 0.1) is 10.6 Å². The number of pyridine rings is 1. The number of halogens is 5. The highest BCUT2D eigenvalue weighted by Gasteiger charge is 2.32. The van der Waals surface area contributed by atoms with Crippen LogP contribution in [0.3, 0.4) is 0 Å². The lowest BCUT2D eigenvalue weighted by molar-refractivity contribution is -0.137. The van der Waals surface area contributed by atoms with Crippen LogP contribution in [0.4, 0.5) is 13.2 Å². The minimum Gasteiger partial charge on any atom is -0.276 e. The fourth-order valence-electron chi connectivity index (χ4n) is 1.33. The lowest BCUT2D eigenvalue weighted by atomic mass is 10.3. The first-order valence-electron chi connectivity index (χ1n) is 4.86. The van der Waals surface area contributed by atoms with Gasteiger partial charge in [0.15, 0.2) is 10.8 Å². The zero-order chi connectivity index (χ0) is 14.2. The van der Waals surface area contributed by atoms with E-state index in [0.717, 1.165) is 24.0 Å². The molecule has 9 heteroatoms. The number of hydrogen-bond acceptors (Lipinski definition) is 3. The number of nitrogens with zero attached hydrogens (tertiary/aromatic N) is 3. The van der Waals surface area contributed by atoms with Gasteiger partial charge in [0, 0.05) is 17.0 Å². The molecule has 0 saturated heterocycles. The van der Waals surface area contributed by atoms with Gasteiger partial charge in [-0.15, -0.1) is 10.2 Å². The Kier molecular flexibility index (Phi) is 3.98. The zero-order valence-corrected chi connectivity index (χ0v) is 11.5. The predicted octanol–water partition coefficient (Wildman–Crippen LogP) is 4.25. The maximum absolute atomic E-state index is 12.7. The van der Waals surface area contributed by atoms with Crippen molar-refractivity contribution in [3.63, 3.8) is 0 Å². The Labute approximate surface area is 120 Å². The van der Waals surface area contributed by atoms with Crippen LogP contribution in [0, 0.1) is 0 Å². The number of thioether (sulfide) groups is 1. The van der Waals surface area contributed by atoms with E-state index in [-0.39, 0.29) is 15.8 Å². The third-order valence-corrected chi connectivity index (χ3v) is 3.71. The molecule has 3 nitrogen and oxygen atoms in total. The quantitative estimate of drug-likeness (QED) is 0.789. The molecule has 0 unspecified atom stereocenters. The Morgan fingerprint density at radius 2 is 2.11 bits per heavy atom. The average Bonchev–Trinajstić information content (AvgIpc) is 2.68. The molecular formula is C10H6Cl2F3N3S. The highest BCUT2D eigenvalue weighted by Crippen LogP contribution is 2.33. The Morgan fingerprint density at radius 1 is 1.42 bits per heavy atom. The molecule has 2 rings (SSSR count). The van der Waals surface area contributed by atoms with Crippen molar-refractivity contribution in [2.75, 3.05) is 5.75 Å². The minimum atomic E-state index is -4.49. The lowest BCUT2D eigenvalue weighted by Gasteiger charge is -2.08. The molecule has 0 atom stereocenters. The lowest BCUT2D eigenvalue weighted by Crippen LogP contribution is -2.07. The van der Waals surface area contributed by atoms with Crippen LogP contribution in [0.1, 0.15) is 5.56 Å². The average molecular weight is 328 g/mol. The largest absolute Gasteiger partial charge is 0.417 e. The summed E-state index contributed by atoms with van der Waals surface area (Å²) in [6.07, 6.45) is -3.58. The zero-order valence-electron chi connectivity index (χ0n) is 9.21. The van der Waals surface area contributed by atoms with E-state index >= 15 is 0 Å². The van der Waals surface area contributed by atoms with Gasteiger partial charge in [-0.2, -0.15) is 13.2 Å². The van der Waals surface area contributed by atoms with E-state index < -0.39 is 11.7 Å². The molecule has 0 aliphatic carbocycles. The highest BCUT2D eigenvalue weighted by molar-refractivity contribution is 7.99. The van der Waals surface area contributed by atoms with E-state index in [1.807, 2.05) is 0 Å². The van der Waals surface area contributed by atoms with E-state index in [0.29, 0.717) is 10.8 Å². The normalized spacial score (nSPS) is 12.1. The third-order valence-electron chi connectivity index (χ3n) is 2.11. The Morgan fingerprint density at radius 3 is 2.68 bits per heavy atom. The number of hydrogen-bond donors (Lipinski definition) is 0. The van der Waals surface area contributed by atoms with Crippen LogP contribution in [0.15, 0.2) is 29.0 Å². The summed E-state index contributed by atoms with van der Waals surface area (Å²) in [5.41, 5.74) is -0.700. The molecule has 0 aromatic carbocycles. The predicted molar refractivity (Wildman–Crippen MR) is 68.7 cm³/mol. The van der Waals surface area contributed by atoms with Gasteiger partial charge in [-0.1, -0.05) is 41.5 Å². The van der Waals surface area contributed by atoms with E-state index in [1.165, 1.54) is 4.40 Å². The topological polar surface area (TPSA) is 30.2 Å². The molecule has 0 spiro atoms. The molecule has 19 heavy (non-hydrogen) atoms. The molecule has 102 valence electrons. The van der Waals surface area contributed by atoms with Gasteiger partial charge in [0.25, 0.3) is 0 Å². The van der Waals surface area contributed by atoms with Crippen LogP contribution >= 0.6 is 35.0 Å². The van der Waals surface area contributed by atoms with Crippen molar-refractivity contribution in [3.05, 3.63) is 34.5 Å². The van der Waals surface area contributed by atoms with Crippen LogP contribution in [0.2, 0.25) is 5.02 Å². The van der Waals surface area contributed by atoms with Crippen LogP contribution in [0.25, 0.3) is 5.65 Å². The first-order chi connectivity index (χ1) is 8.79. The van der Waals surface area contributed by atoms with Gasteiger partial charge >= 0.3 is 6.18 Å². The second kappa shape index (κ2) is 5.22. The van der Waals surface area contributed by atoms with E-state index in [9.17, 15) is 13.2 Å². The smallest absolute Gasteiger partial charge is 0.276 e. The Hall–Kier alpha value is -0.920. The molecule has 0 aliphatic heterocycles. The third kappa shape index (κ3) is 3.16. The molecule has 0 saturated carbocycles. The van der Waals surface area contributed by atoms with Crippen molar-refractivity contribution in [1.29, 1.82) is 0 Å². The molecule has 0 bridgehead atoms. The van der Waals surface area contributed by atoms with Crippen molar-refractivity contribution in [2.24, 2.45) is 0 Å². The first-order valence-corrected chi connectivity index (χ1v) is 6.60. The summed E-state index contributed by atoms with van der Waals surface area (Å²) >= 11 is 12.5. The first kappa shape index (κ1) is 14.5. The summed E-state index contributed by atoms with van der Waals surface area (Å²) in [5.74, 6) is 0.316. The van der Waals surface area contributed by atoms with Crippen molar-refractivity contribution in [2.45, 2.75) is 11.3 Å². The molecule has 0 N–H and O–H groups in total. The molecule has 2 aromatic heterocycles. The Balaban J connectivity index is 2.50. The maximum Gasteiger partial charge on any atom is 0.417 e. The highest BCUT2D eigenvalue weighted by atomic mass is 35.5. The van der Waals surface area contributed by atoms with Crippen LogP contribution in [0.5, 0.6) is 0 Å². The van der Waals surface area contributed by atoms with Crippen LogP contribution in [-0.4, -0.2) is 20.4 Å². The fraction of sp³-hybridized carbons (Fsp3) is 0.200. The van der Waals surface area contributed by atoms with Crippen molar-refractivity contribution >= 4 is 40.6 Å². The SMILES string of the molecule is C=C(Cl)CSc1nnc2c(Cl)cc(C(F)(F)F)cn12. The van der Waals surface area contributed by atoms with Gasteiger partial charge in [-0.25, -0.2) is 0 Å². The van der Waals surface area contributed by atoms with E-state index in [1.54, 1.807) is 0 Å². The summed E-state index contributed by atoms with van der Waals surface area (Å²) < 4.78 is 39.3. The minimum absolute atomic E-state index is 0.112. The van der Waals surface area contributed by atoms with Crippen molar-refractivity contribution in [3.8, 4) is 0 Å². The molecule has 0 radical (unpaired) electrons. The maximum atomic E-state index is 12.7. The van der Waals surface area contributed by atoms with Crippen LogP contribution < -0.4 is 0 Å². The molecule has 2 heterocycles. The summed E-state index contributed by atoms with van der Waals surface area (Å²) in [6, 6.07) is 0.820. The van der Waals surface area contributed by atoms with Gasteiger partial charge in [-0.3, -0.25) is 4.40 Å². The van der Waals surface area contributed by atoms with Crippen LogP contribution in [-0.2, 0) is 6.18 Å². The molecule has 0 fully saturated rings. The van der Waals surface area contributed by atoms with E-state index in [4.69, 9.17) is 23.2 Å². The number of alkyl halides is 3. The standard InChI is InChI=1S/C10H6Cl2F3N3S/c1-5(11)4-19-9-17-16-8-7(12)2-6(3-18(8)9)10(13,14)15/h2-3H,1,4H2. The number of rotatable bonds is 3. The fourth-order valence-corrected chi connectivity index (χ4v) is 2.40. The monoisotopic (exact) mass is 327 g/mol. The molecule has 2 aromatic rings. The number of aromatic nitrogens is 3. The van der Waals surface area contributed by atoms with Crippen molar-refractivity contribution < 1.29 is 13.2 Å².